The minimum Gasteiger partial charge on any atom is -0.394 e. The number of para-hydroxylation sites is 1. The number of carbonyl (C=O) groups excluding carboxylic acids is 2. The summed E-state index contributed by atoms with van der Waals surface area (Å²) >= 11 is 3.28. The number of nitrogens with one attached hydrogen (secondary N) is 2. The van der Waals surface area contributed by atoms with E-state index >= 15 is 0 Å². The van der Waals surface area contributed by atoms with Crippen LogP contribution >= 0.6 is 15.9 Å². The first kappa shape index (κ1) is 16.7. The van der Waals surface area contributed by atoms with Crippen LogP contribution in [0, 0.1) is 5.92 Å². The molecule has 1 aromatic carbocycles. The third-order valence-corrected chi connectivity index (χ3v) is 3.33. The minimum atomic E-state index is -0.751. The van der Waals surface area contributed by atoms with E-state index in [-0.39, 0.29) is 6.61 Å². The number of benzene rings is 1. The highest BCUT2D eigenvalue weighted by atomic mass is 79.9. The molecule has 1 atom stereocenters. The monoisotopic (exact) mass is 342 g/mol. The predicted molar refractivity (Wildman–Crippen MR) is 81.2 cm³/mol. The Kier molecular flexibility index (Phi) is 6.67. The largest absolute Gasteiger partial charge is 0.394 e. The molecule has 0 saturated carbocycles. The number of hydrogen-bond donors (Lipinski definition) is 3. The van der Waals surface area contributed by atoms with Gasteiger partial charge in [-0.05, 0) is 40.4 Å². The molecule has 0 aliphatic carbocycles. The van der Waals surface area contributed by atoms with Crippen LogP contribution in [0.4, 0.5) is 5.69 Å². The minimum absolute atomic E-state index is 0.188. The topological polar surface area (TPSA) is 78.4 Å². The molecular weight excluding hydrogens is 324 g/mol. The van der Waals surface area contributed by atoms with E-state index < -0.39 is 17.9 Å². The van der Waals surface area contributed by atoms with Gasteiger partial charge in [-0.3, -0.25) is 9.59 Å². The van der Waals surface area contributed by atoms with Crippen molar-refractivity contribution in [3.63, 3.8) is 0 Å². The summed E-state index contributed by atoms with van der Waals surface area (Å²) in [6.07, 6.45) is 0.616. The molecule has 3 N–H and O–H groups in total. The van der Waals surface area contributed by atoms with Crippen molar-refractivity contribution in [1.82, 2.24) is 5.32 Å². The smallest absolute Gasteiger partial charge is 0.313 e. The van der Waals surface area contributed by atoms with Crippen LogP contribution in [0.5, 0.6) is 0 Å². The van der Waals surface area contributed by atoms with Gasteiger partial charge in [-0.2, -0.15) is 0 Å². The van der Waals surface area contributed by atoms with E-state index in [1.165, 1.54) is 0 Å². The van der Waals surface area contributed by atoms with Crippen molar-refractivity contribution in [2.45, 2.75) is 26.3 Å². The summed E-state index contributed by atoms with van der Waals surface area (Å²) in [5.41, 5.74) is 0.525. The lowest BCUT2D eigenvalue weighted by Gasteiger charge is -2.18. The fraction of sp³-hybridized carbons (Fsp3) is 0.429. The standard InChI is InChI=1S/C14H19BrN2O3/c1-9(2)7-10(8-18)16-13(19)14(20)17-12-6-4-3-5-11(12)15/h3-6,9-10,18H,7-8H2,1-2H3,(H,16,19)(H,17,20). The molecule has 2 amide bonds. The highest BCUT2D eigenvalue weighted by Gasteiger charge is 2.19. The fourth-order valence-corrected chi connectivity index (χ4v) is 2.12. The maximum atomic E-state index is 11.8. The highest BCUT2D eigenvalue weighted by Crippen LogP contribution is 2.20. The van der Waals surface area contributed by atoms with Crippen LogP contribution in [0.15, 0.2) is 28.7 Å². The van der Waals surface area contributed by atoms with Gasteiger partial charge in [0.2, 0.25) is 0 Å². The van der Waals surface area contributed by atoms with Crippen LogP contribution in [0.1, 0.15) is 20.3 Å². The van der Waals surface area contributed by atoms with Gasteiger partial charge in [-0.25, -0.2) is 0 Å². The lowest BCUT2D eigenvalue weighted by Crippen LogP contribution is -2.44. The summed E-state index contributed by atoms with van der Waals surface area (Å²) in [7, 11) is 0. The zero-order valence-corrected chi connectivity index (χ0v) is 13.1. The van der Waals surface area contributed by atoms with Crippen molar-refractivity contribution < 1.29 is 14.7 Å². The molecule has 110 valence electrons. The number of aliphatic hydroxyl groups excluding tert-OH is 1. The first-order valence-electron chi connectivity index (χ1n) is 6.41. The summed E-state index contributed by atoms with van der Waals surface area (Å²) < 4.78 is 0.696. The van der Waals surface area contributed by atoms with E-state index in [2.05, 4.69) is 26.6 Å². The van der Waals surface area contributed by atoms with Crippen molar-refractivity contribution >= 4 is 33.4 Å². The molecule has 0 bridgehead atoms. The van der Waals surface area contributed by atoms with Crippen LogP contribution in [0.3, 0.4) is 0 Å². The average Bonchev–Trinajstić information content (AvgIpc) is 2.39. The predicted octanol–water partition coefficient (Wildman–Crippen LogP) is 1.91. The molecule has 6 heteroatoms. The van der Waals surface area contributed by atoms with Crippen molar-refractivity contribution in [2.75, 3.05) is 11.9 Å². The molecule has 0 fully saturated rings. The lowest BCUT2D eigenvalue weighted by molar-refractivity contribution is -0.136. The Morgan fingerprint density at radius 3 is 2.45 bits per heavy atom. The highest BCUT2D eigenvalue weighted by molar-refractivity contribution is 9.10. The SMILES string of the molecule is CC(C)CC(CO)NC(=O)C(=O)Nc1ccccc1Br. The summed E-state index contributed by atoms with van der Waals surface area (Å²) in [5, 5.41) is 14.2. The van der Waals surface area contributed by atoms with Gasteiger partial charge in [-0.1, -0.05) is 26.0 Å². The zero-order valence-electron chi connectivity index (χ0n) is 11.5. The number of rotatable bonds is 5. The molecule has 20 heavy (non-hydrogen) atoms. The van der Waals surface area contributed by atoms with E-state index in [4.69, 9.17) is 0 Å². The Hall–Kier alpha value is -1.40. The second-order valence-corrected chi connectivity index (χ2v) is 5.77. The lowest BCUT2D eigenvalue weighted by atomic mass is 10.0. The normalized spacial score (nSPS) is 12.1. The first-order valence-corrected chi connectivity index (χ1v) is 7.20. The van der Waals surface area contributed by atoms with E-state index in [0.717, 1.165) is 0 Å². The van der Waals surface area contributed by atoms with Gasteiger partial charge >= 0.3 is 11.8 Å². The van der Waals surface area contributed by atoms with Crippen molar-refractivity contribution in [3.05, 3.63) is 28.7 Å². The van der Waals surface area contributed by atoms with Crippen molar-refractivity contribution in [1.29, 1.82) is 0 Å². The molecule has 1 aromatic rings. The summed E-state index contributed by atoms with van der Waals surface area (Å²) in [6.45, 7) is 3.78. The van der Waals surface area contributed by atoms with Crippen LogP contribution in [-0.4, -0.2) is 29.6 Å². The third-order valence-electron chi connectivity index (χ3n) is 2.64. The Morgan fingerprint density at radius 2 is 1.90 bits per heavy atom. The number of aliphatic hydroxyl groups is 1. The first-order chi connectivity index (χ1) is 9.43. The Bertz CT molecular complexity index is 477. The molecule has 0 aliphatic heterocycles. The Labute approximate surface area is 126 Å². The van der Waals surface area contributed by atoms with E-state index in [0.29, 0.717) is 22.5 Å². The fourth-order valence-electron chi connectivity index (χ4n) is 1.74. The van der Waals surface area contributed by atoms with Gasteiger partial charge < -0.3 is 15.7 Å². The van der Waals surface area contributed by atoms with Crippen LogP contribution < -0.4 is 10.6 Å². The number of anilines is 1. The average molecular weight is 343 g/mol. The van der Waals surface area contributed by atoms with Crippen molar-refractivity contribution in [3.8, 4) is 0 Å². The number of halogens is 1. The number of hydrogen-bond acceptors (Lipinski definition) is 3. The molecule has 0 aromatic heterocycles. The molecule has 0 spiro atoms. The van der Waals surface area contributed by atoms with Gasteiger partial charge in [0.05, 0.1) is 18.3 Å². The second-order valence-electron chi connectivity index (χ2n) is 4.92. The van der Waals surface area contributed by atoms with E-state index in [1.807, 2.05) is 19.9 Å². The summed E-state index contributed by atoms with van der Waals surface area (Å²) in [4.78, 5) is 23.5. The van der Waals surface area contributed by atoms with Crippen LogP contribution in [-0.2, 0) is 9.59 Å². The molecule has 0 heterocycles. The van der Waals surface area contributed by atoms with Crippen LogP contribution in [0.2, 0.25) is 0 Å². The third kappa shape index (κ3) is 5.30. The van der Waals surface area contributed by atoms with Gasteiger partial charge in [0.25, 0.3) is 0 Å². The number of carbonyl (C=O) groups is 2. The summed E-state index contributed by atoms with van der Waals surface area (Å²) in [6, 6.07) is 6.61. The van der Waals surface area contributed by atoms with Gasteiger partial charge in [0, 0.05) is 4.47 Å². The van der Waals surface area contributed by atoms with E-state index in [9.17, 15) is 14.7 Å². The Morgan fingerprint density at radius 1 is 1.25 bits per heavy atom. The quantitative estimate of drug-likeness (QED) is 0.715. The molecule has 0 radical (unpaired) electrons. The van der Waals surface area contributed by atoms with Crippen molar-refractivity contribution in [2.24, 2.45) is 5.92 Å². The van der Waals surface area contributed by atoms with Gasteiger partial charge in [-0.15, -0.1) is 0 Å². The molecule has 1 unspecified atom stereocenters. The number of amides is 2. The van der Waals surface area contributed by atoms with Crippen LogP contribution in [0.25, 0.3) is 0 Å². The second kappa shape index (κ2) is 8.01. The maximum Gasteiger partial charge on any atom is 0.313 e. The summed E-state index contributed by atoms with van der Waals surface area (Å²) in [5.74, 6) is -1.18. The zero-order chi connectivity index (χ0) is 15.1. The molecule has 0 aliphatic rings. The molecule has 1 rings (SSSR count). The molecule has 0 saturated heterocycles. The van der Waals surface area contributed by atoms with Gasteiger partial charge in [0.1, 0.15) is 0 Å². The Balaban J connectivity index is 2.59. The molecule has 5 nitrogen and oxygen atoms in total. The molecular formula is C14H19BrN2O3. The van der Waals surface area contributed by atoms with E-state index in [1.54, 1.807) is 18.2 Å². The van der Waals surface area contributed by atoms with Gasteiger partial charge in [0.15, 0.2) is 0 Å². The maximum absolute atomic E-state index is 11.8.